The van der Waals surface area contributed by atoms with Crippen LogP contribution in [0.4, 0.5) is 11.4 Å². The van der Waals surface area contributed by atoms with Crippen LogP contribution in [-0.2, 0) is 4.79 Å². The van der Waals surface area contributed by atoms with Gasteiger partial charge in [-0.2, -0.15) is 5.10 Å². The quantitative estimate of drug-likeness (QED) is 0.577. The minimum absolute atomic E-state index is 0.0518. The third kappa shape index (κ3) is 4.39. The standard InChI is InChI=1S/C25H26N4O2S/c1-16-6-9-19(10-7-16)26-25-29(28-20-5-3-4-17(2)12-20)22(15-32-25)18-8-11-23-21(13-18)27-24(30)14-31-23/h6-11,13,15,17H,3-5,12,14H2,1-2H3,(H,27,30). The van der Waals surface area contributed by atoms with Crippen molar-refractivity contribution in [2.24, 2.45) is 16.0 Å². The van der Waals surface area contributed by atoms with Gasteiger partial charge in [-0.15, -0.1) is 11.3 Å². The van der Waals surface area contributed by atoms with E-state index in [9.17, 15) is 4.79 Å². The number of amides is 1. The van der Waals surface area contributed by atoms with Crippen molar-refractivity contribution in [1.29, 1.82) is 0 Å². The average Bonchev–Trinajstić information content (AvgIpc) is 3.17. The molecule has 2 aliphatic rings. The van der Waals surface area contributed by atoms with Gasteiger partial charge in [0.05, 0.1) is 17.1 Å². The number of hydrogen-bond donors (Lipinski definition) is 1. The van der Waals surface area contributed by atoms with E-state index in [1.165, 1.54) is 24.1 Å². The van der Waals surface area contributed by atoms with Gasteiger partial charge in [-0.25, -0.2) is 9.67 Å². The van der Waals surface area contributed by atoms with E-state index in [2.05, 4.69) is 36.7 Å². The molecule has 0 spiro atoms. The molecule has 2 aromatic carbocycles. The Hall–Kier alpha value is -3.19. The Balaban J connectivity index is 1.62. The number of thiazole rings is 1. The molecule has 5 rings (SSSR count). The third-order valence-electron chi connectivity index (χ3n) is 5.84. The Morgan fingerprint density at radius 1 is 1.19 bits per heavy atom. The largest absolute Gasteiger partial charge is 0.482 e. The molecule has 1 saturated carbocycles. The molecule has 0 saturated heterocycles. The fraction of sp³-hybridized carbons (Fsp3) is 0.320. The molecule has 2 heterocycles. The van der Waals surface area contributed by atoms with E-state index in [0.717, 1.165) is 34.6 Å². The maximum absolute atomic E-state index is 11.8. The minimum Gasteiger partial charge on any atom is -0.482 e. The van der Waals surface area contributed by atoms with Gasteiger partial charge in [-0.05, 0) is 68.9 Å². The van der Waals surface area contributed by atoms with E-state index in [-0.39, 0.29) is 12.5 Å². The maximum Gasteiger partial charge on any atom is 0.262 e. The highest BCUT2D eigenvalue weighted by atomic mass is 32.1. The number of rotatable bonds is 3. The lowest BCUT2D eigenvalue weighted by atomic mass is 9.89. The summed E-state index contributed by atoms with van der Waals surface area (Å²) < 4.78 is 7.49. The van der Waals surface area contributed by atoms with Crippen molar-refractivity contribution in [1.82, 2.24) is 4.68 Å². The first-order valence-corrected chi connectivity index (χ1v) is 11.9. The number of benzene rings is 2. The molecular formula is C25H26N4O2S. The molecule has 1 atom stereocenters. The van der Waals surface area contributed by atoms with Crippen molar-refractivity contribution in [3.63, 3.8) is 0 Å². The Morgan fingerprint density at radius 3 is 2.84 bits per heavy atom. The molecule has 32 heavy (non-hydrogen) atoms. The number of carbonyl (C=O) groups excluding carboxylic acids is 1. The minimum atomic E-state index is -0.139. The fourth-order valence-electron chi connectivity index (χ4n) is 4.14. The monoisotopic (exact) mass is 446 g/mol. The molecule has 7 heteroatoms. The van der Waals surface area contributed by atoms with Crippen molar-refractivity contribution >= 4 is 34.3 Å². The van der Waals surface area contributed by atoms with Crippen molar-refractivity contribution < 1.29 is 9.53 Å². The SMILES string of the molecule is Cc1ccc(N=c2scc(-c3ccc4c(c3)NC(=O)CO4)n2N=C2CCCC(C)C2)cc1. The summed E-state index contributed by atoms with van der Waals surface area (Å²) in [5.41, 5.74) is 5.92. The summed E-state index contributed by atoms with van der Waals surface area (Å²) in [6.45, 7) is 4.41. The van der Waals surface area contributed by atoms with Gasteiger partial charge in [-0.1, -0.05) is 24.6 Å². The molecule has 6 nitrogen and oxygen atoms in total. The first kappa shape index (κ1) is 20.7. The molecular weight excluding hydrogens is 420 g/mol. The van der Waals surface area contributed by atoms with Gasteiger partial charge in [0, 0.05) is 16.7 Å². The van der Waals surface area contributed by atoms with Crippen LogP contribution in [0.5, 0.6) is 5.75 Å². The van der Waals surface area contributed by atoms with Gasteiger partial charge >= 0.3 is 0 Å². The van der Waals surface area contributed by atoms with Crippen LogP contribution < -0.4 is 14.9 Å². The summed E-state index contributed by atoms with van der Waals surface area (Å²) >= 11 is 1.57. The first-order valence-electron chi connectivity index (χ1n) is 11.0. The van der Waals surface area contributed by atoms with Crippen LogP contribution >= 0.6 is 11.3 Å². The lowest BCUT2D eigenvalue weighted by Gasteiger charge is -2.20. The number of carbonyl (C=O) groups is 1. The average molecular weight is 447 g/mol. The van der Waals surface area contributed by atoms with Crippen LogP contribution in [0, 0.1) is 12.8 Å². The Labute approximate surface area is 191 Å². The second-order valence-electron chi connectivity index (χ2n) is 8.58. The van der Waals surface area contributed by atoms with Crippen molar-refractivity contribution in [3.8, 4) is 17.0 Å². The molecule has 3 aromatic rings. The van der Waals surface area contributed by atoms with Crippen LogP contribution in [0.2, 0.25) is 0 Å². The molecule has 1 aliphatic carbocycles. The molecule has 1 aromatic heterocycles. The van der Waals surface area contributed by atoms with E-state index in [4.69, 9.17) is 14.8 Å². The smallest absolute Gasteiger partial charge is 0.262 e. The molecule has 0 bridgehead atoms. The van der Waals surface area contributed by atoms with Gasteiger partial charge in [0.15, 0.2) is 6.61 Å². The number of ether oxygens (including phenoxy) is 1. The van der Waals surface area contributed by atoms with Crippen molar-refractivity contribution in [2.75, 3.05) is 11.9 Å². The van der Waals surface area contributed by atoms with Crippen LogP contribution in [0.1, 0.15) is 38.2 Å². The Bertz CT molecular complexity index is 1250. The summed E-state index contributed by atoms with van der Waals surface area (Å²) in [6.07, 6.45) is 4.46. The fourth-order valence-corrected chi connectivity index (χ4v) is 4.99. The van der Waals surface area contributed by atoms with Crippen LogP contribution in [0.25, 0.3) is 11.3 Å². The Kier molecular flexibility index (Phi) is 5.66. The molecule has 164 valence electrons. The summed E-state index contributed by atoms with van der Waals surface area (Å²) in [6, 6.07) is 14.1. The van der Waals surface area contributed by atoms with Gasteiger partial charge in [0.2, 0.25) is 4.80 Å². The number of fused-ring (bicyclic) bond motifs is 1. The number of aromatic nitrogens is 1. The zero-order valence-electron chi connectivity index (χ0n) is 18.3. The second kappa shape index (κ2) is 8.74. The van der Waals surface area contributed by atoms with Gasteiger partial charge in [0.25, 0.3) is 5.91 Å². The zero-order chi connectivity index (χ0) is 22.1. The topological polar surface area (TPSA) is 68.0 Å². The summed E-state index contributed by atoms with van der Waals surface area (Å²) in [5.74, 6) is 1.20. The van der Waals surface area contributed by atoms with Crippen molar-refractivity contribution in [3.05, 3.63) is 58.2 Å². The lowest BCUT2D eigenvalue weighted by Crippen LogP contribution is -2.25. The number of nitrogens with one attached hydrogen (secondary N) is 1. The highest BCUT2D eigenvalue weighted by Gasteiger charge is 2.19. The molecule has 0 radical (unpaired) electrons. The van der Waals surface area contributed by atoms with E-state index in [1.54, 1.807) is 11.3 Å². The predicted octanol–water partition coefficient (Wildman–Crippen LogP) is 5.50. The summed E-state index contributed by atoms with van der Waals surface area (Å²) in [7, 11) is 0. The van der Waals surface area contributed by atoms with E-state index >= 15 is 0 Å². The molecule has 1 aliphatic heterocycles. The van der Waals surface area contributed by atoms with Gasteiger partial charge in [-0.3, -0.25) is 4.79 Å². The maximum atomic E-state index is 11.8. The van der Waals surface area contributed by atoms with E-state index in [0.29, 0.717) is 17.4 Å². The third-order valence-corrected chi connectivity index (χ3v) is 6.66. The predicted molar refractivity (Wildman–Crippen MR) is 129 cm³/mol. The van der Waals surface area contributed by atoms with E-state index < -0.39 is 0 Å². The number of anilines is 1. The number of nitrogens with zero attached hydrogens (tertiary/aromatic N) is 3. The normalized spacial score (nSPS) is 20.1. The summed E-state index contributed by atoms with van der Waals surface area (Å²) in [5, 5.41) is 10.1. The second-order valence-corrected chi connectivity index (χ2v) is 9.41. The van der Waals surface area contributed by atoms with Crippen molar-refractivity contribution in [2.45, 2.75) is 39.5 Å². The Morgan fingerprint density at radius 2 is 2.03 bits per heavy atom. The van der Waals surface area contributed by atoms with E-state index in [1.807, 2.05) is 35.0 Å². The van der Waals surface area contributed by atoms with Crippen LogP contribution in [0.15, 0.2) is 57.9 Å². The zero-order valence-corrected chi connectivity index (χ0v) is 19.1. The lowest BCUT2D eigenvalue weighted by molar-refractivity contribution is -0.118. The summed E-state index contributed by atoms with van der Waals surface area (Å²) in [4.78, 5) is 17.5. The van der Waals surface area contributed by atoms with Gasteiger partial charge in [0.1, 0.15) is 5.75 Å². The molecule has 1 unspecified atom stereocenters. The molecule has 1 fully saturated rings. The number of aryl methyl sites for hydroxylation is 1. The molecule has 1 N–H and O–H groups in total. The van der Waals surface area contributed by atoms with Crippen LogP contribution in [0.3, 0.4) is 0 Å². The van der Waals surface area contributed by atoms with Crippen LogP contribution in [-0.4, -0.2) is 22.9 Å². The first-order chi connectivity index (χ1) is 15.5. The highest BCUT2D eigenvalue weighted by molar-refractivity contribution is 7.07. The molecule has 1 amide bonds. The number of hydrogen-bond acceptors (Lipinski definition) is 5. The highest BCUT2D eigenvalue weighted by Crippen LogP contribution is 2.33. The van der Waals surface area contributed by atoms with Gasteiger partial charge < -0.3 is 10.1 Å².